The van der Waals surface area contributed by atoms with Crippen molar-refractivity contribution in [2.24, 2.45) is 5.92 Å². The molecule has 0 aliphatic carbocycles. The van der Waals surface area contributed by atoms with Crippen molar-refractivity contribution in [3.8, 4) is 0 Å². The van der Waals surface area contributed by atoms with E-state index in [4.69, 9.17) is 0 Å². The third kappa shape index (κ3) is 4.91. The van der Waals surface area contributed by atoms with Gasteiger partial charge in [0, 0.05) is 25.4 Å². The van der Waals surface area contributed by atoms with Gasteiger partial charge in [-0.1, -0.05) is 32.0 Å². The van der Waals surface area contributed by atoms with Crippen LogP contribution in [-0.4, -0.2) is 25.9 Å². The summed E-state index contributed by atoms with van der Waals surface area (Å²) in [6.45, 7) is 7.56. The van der Waals surface area contributed by atoms with Gasteiger partial charge < -0.3 is 5.32 Å². The molecule has 1 heterocycles. The average molecular weight is 375 g/mol. The van der Waals surface area contributed by atoms with Crippen molar-refractivity contribution in [1.82, 2.24) is 10.3 Å². The summed E-state index contributed by atoms with van der Waals surface area (Å²) in [6.07, 6.45) is 3.51. The van der Waals surface area contributed by atoms with Crippen molar-refractivity contribution in [2.75, 3.05) is 6.54 Å². The summed E-state index contributed by atoms with van der Waals surface area (Å²) in [4.78, 5) is 16.4. The molecule has 0 radical (unpaired) electrons. The van der Waals surface area contributed by atoms with Gasteiger partial charge in [0.05, 0.1) is 4.90 Å². The standard InChI is InChI=1S/C20H26N2O3S/c1-14(2)10-20(23)22-13-19(17-6-5-9-21-12-17)26(24,25)18-11-15(3)7-8-16(18)4/h5-9,11-12,14,19H,10,13H2,1-4H3,(H,22,23)/t19-/m0/s1. The van der Waals surface area contributed by atoms with E-state index in [-0.39, 0.29) is 18.4 Å². The van der Waals surface area contributed by atoms with Crippen LogP contribution in [-0.2, 0) is 14.6 Å². The highest BCUT2D eigenvalue weighted by molar-refractivity contribution is 7.91. The van der Waals surface area contributed by atoms with Crippen LogP contribution in [0.2, 0.25) is 0 Å². The molecule has 1 amide bonds. The fourth-order valence-corrected chi connectivity index (χ4v) is 4.76. The zero-order chi connectivity index (χ0) is 19.3. The Kier molecular flexibility index (Phi) is 6.53. The summed E-state index contributed by atoms with van der Waals surface area (Å²) in [5, 5.41) is 1.89. The normalized spacial score (nSPS) is 12.8. The molecule has 0 bridgehead atoms. The minimum Gasteiger partial charge on any atom is -0.354 e. The number of amides is 1. The van der Waals surface area contributed by atoms with Gasteiger partial charge in [-0.15, -0.1) is 0 Å². The number of sulfone groups is 1. The highest BCUT2D eigenvalue weighted by Crippen LogP contribution is 2.30. The van der Waals surface area contributed by atoms with Crippen molar-refractivity contribution in [2.45, 2.75) is 44.3 Å². The Bertz CT molecular complexity index is 862. The van der Waals surface area contributed by atoms with E-state index in [1.165, 1.54) is 0 Å². The Hall–Kier alpha value is -2.21. The third-order valence-electron chi connectivity index (χ3n) is 4.16. The van der Waals surface area contributed by atoms with Gasteiger partial charge in [-0.3, -0.25) is 9.78 Å². The highest BCUT2D eigenvalue weighted by atomic mass is 32.2. The molecule has 0 saturated heterocycles. The molecule has 2 aromatic rings. The lowest BCUT2D eigenvalue weighted by molar-refractivity contribution is -0.121. The minimum absolute atomic E-state index is 0.0208. The van der Waals surface area contributed by atoms with E-state index in [9.17, 15) is 13.2 Å². The molecule has 0 aliphatic heterocycles. The molecule has 0 fully saturated rings. The molecule has 26 heavy (non-hydrogen) atoms. The number of hydrogen-bond acceptors (Lipinski definition) is 4. The molecule has 1 aromatic heterocycles. The van der Waals surface area contributed by atoms with E-state index in [1.807, 2.05) is 26.8 Å². The Morgan fingerprint density at radius 2 is 1.92 bits per heavy atom. The van der Waals surface area contributed by atoms with Gasteiger partial charge in [0.1, 0.15) is 5.25 Å². The third-order valence-corrected chi connectivity index (χ3v) is 6.40. The van der Waals surface area contributed by atoms with Crippen molar-refractivity contribution in [3.63, 3.8) is 0 Å². The number of carbonyl (C=O) groups excluding carboxylic acids is 1. The molecule has 6 heteroatoms. The molecule has 1 atom stereocenters. The summed E-state index contributed by atoms with van der Waals surface area (Å²) in [5.74, 6) is 0.0625. The van der Waals surface area contributed by atoms with Crippen LogP contribution in [0.3, 0.4) is 0 Å². The van der Waals surface area contributed by atoms with Crippen LogP contribution in [0.4, 0.5) is 0 Å². The zero-order valence-corrected chi connectivity index (χ0v) is 16.5. The van der Waals surface area contributed by atoms with Crippen molar-refractivity contribution < 1.29 is 13.2 Å². The van der Waals surface area contributed by atoms with E-state index < -0.39 is 15.1 Å². The molecular weight excluding hydrogens is 348 g/mol. The Morgan fingerprint density at radius 1 is 1.19 bits per heavy atom. The van der Waals surface area contributed by atoms with Crippen LogP contribution in [0.1, 0.15) is 42.2 Å². The highest BCUT2D eigenvalue weighted by Gasteiger charge is 2.31. The average Bonchev–Trinajstić information content (AvgIpc) is 2.57. The number of rotatable bonds is 7. The predicted molar refractivity (Wildman–Crippen MR) is 103 cm³/mol. The molecule has 140 valence electrons. The van der Waals surface area contributed by atoms with Gasteiger partial charge in [0.25, 0.3) is 0 Å². The van der Waals surface area contributed by atoms with E-state index in [0.717, 1.165) is 5.56 Å². The first-order valence-corrected chi connectivity index (χ1v) is 10.2. The number of aryl methyl sites for hydroxylation is 2. The largest absolute Gasteiger partial charge is 0.354 e. The number of carbonyl (C=O) groups is 1. The Morgan fingerprint density at radius 3 is 2.54 bits per heavy atom. The first kappa shape index (κ1) is 20.1. The molecule has 1 aromatic carbocycles. The summed E-state index contributed by atoms with van der Waals surface area (Å²) < 4.78 is 26.7. The predicted octanol–water partition coefficient (Wildman–Crippen LogP) is 3.38. The van der Waals surface area contributed by atoms with Crippen LogP contribution in [0, 0.1) is 19.8 Å². The lowest BCUT2D eigenvalue weighted by Gasteiger charge is -2.20. The number of pyridine rings is 1. The zero-order valence-electron chi connectivity index (χ0n) is 15.7. The Labute approximate surface area is 155 Å². The first-order chi connectivity index (χ1) is 12.2. The van der Waals surface area contributed by atoms with Crippen molar-refractivity contribution in [3.05, 3.63) is 59.4 Å². The molecule has 0 aliphatic rings. The summed E-state index contributed by atoms with van der Waals surface area (Å²) in [7, 11) is -3.69. The molecule has 0 saturated carbocycles. The van der Waals surface area contributed by atoms with Crippen molar-refractivity contribution in [1.29, 1.82) is 0 Å². The van der Waals surface area contributed by atoms with E-state index in [1.54, 1.807) is 43.6 Å². The molecule has 5 nitrogen and oxygen atoms in total. The number of hydrogen-bond donors (Lipinski definition) is 1. The molecule has 0 spiro atoms. The molecule has 0 unspecified atom stereocenters. The SMILES string of the molecule is Cc1ccc(C)c(S(=O)(=O)[C@@H](CNC(=O)CC(C)C)c2cccnc2)c1. The maximum atomic E-state index is 13.4. The second kappa shape index (κ2) is 8.45. The fourth-order valence-electron chi connectivity index (χ4n) is 2.79. The quantitative estimate of drug-likeness (QED) is 0.806. The summed E-state index contributed by atoms with van der Waals surface area (Å²) >= 11 is 0. The van der Waals surface area contributed by atoms with E-state index in [0.29, 0.717) is 22.4 Å². The molecular formula is C20H26N2O3S. The molecule has 1 N–H and O–H groups in total. The molecule has 2 rings (SSSR count). The van der Waals surface area contributed by atoms with Crippen LogP contribution in [0.5, 0.6) is 0 Å². The smallest absolute Gasteiger partial charge is 0.220 e. The first-order valence-electron chi connectivity index (χ1n) is 8.69. The lowest BCUT2D eigenvalue weighted by atomic mass is 10.1. The summed E-state index contributed by atoms with van der Waals surface area (Å²) in [6, 6.07) is 8.81. The van der Waals surface area contributed by atoms with Gasteiger partial charge in [-0.25, -0.2) is 8.42 Å². The second-order valence-corrected chi connectivity index (χ2v) is 9.09. The Balaban J connectivity index is 2.40. The topological polar surface area (TPSA) is 76.1 Å². The number of benzene rings is 1. The van der Waals surface area contributed by atoms with E-state index in [2.05, 4.69) is 10.3 Å². The number of nitrogens with one attached hydrogen (secondary N) is 1. The minimum atomic E-state index is -3.69. The van der Waals surface area contributed by atoms with Gasteiger partial charge in [0.2, 0.25) is 5.91 Å². The van der Waals surface area contributed by atoms with Crippen LogP contribution >= 0.6 is 0 Å². The van der Waals surface area contributed by atoms with Gasteiger partial charge >= 0.3 is 0 Å². The number of nitrogens with zero attached hydrogens (tertiary/aromatic N) is 1. The van der Waals surface area contributed by atoms with Gasteiger partial charge in [-0.05, 0) is 48.6 Å². The maximum Gasteiger partial charge on any atom is 0.220 e. The summed E-state index contributed by atoms with van der Waals surface area (Å²) in [5.41, 5.74) is 2.14. The van der Waals surface area contributed by atoms with Crippen LogP contribution in [0.25, 0.3) is 0 Å². The van der Waals surface area contributed by atoms with Crippen LogP contribution in [0.15, 0.2) is 47.6 Å². The number of aromatic nitrogens is 1. The van der Waals surface area contributed by atoms with Gasteiger partial charge in [0.15, 0.2) is 9.84 Å². The fraction of sp³-hybridized carbons (Fsp3) is 0.400. The van der Waals surface area contributed by atoms with Crippen molar-refractivity contribution >= 4 is 15.7 Å². The second-order valence-electron chi connectivity index (χ2n) is 6.99. The van der Waals surface area contributed by atoms with E-state index >= 15 is 0 Å². The monoisotopic (exact) mass is 374 g/mol. The van der Waals surface area contributed by atoms with Gasteiger partial charge in [-0.2, -0.15) is 0 Å². The maximum absolute atomic E-state index is 13.4. The van der Waals surface area contributed by atoms with Crippen LogP contribution < -0.4 is 5.32 Å². The lowest BCUT2D eigenvalue weighted by Crippen LogP contribution is -2.32.